The second kappa shape index (κ2) is 5.44. The Hall–Kier alpha value is -0.820. The largest absolute Gasteiger partial charge is 0.311 e. The predicted molar refractivity (Wildman–Crippen MR) is 76.9 cm³/mol. The molecule has 98 valence electrons. The van der Waals surface area contributed by atoms with Crippen LogP contribution in [0.5, 0.6) is 0 Å². The number of hydrogen-bond donors (Lipinski definition) is 1. The van der Waals surface area contributed by atoms with Gasteiger partial charge in [-0.1, -0.05) is 56.0 Å². The van der Waals surface area contributed by atoms with Crippen LogP contribution in [0.2, 0.25) is 0 Å². The molecular formula is C17H25N. The fraction of sp³-hybridized carbons (Fsp3) is 0.647. The fourth-order valence-corrected chi connectivity index (χ4v) is 3.95. The topological polar surface area (TPSA) is 12.0 Å². The molecule has 0 amide bonds. The van der Waals surface area contributed by atoms with E-state index in [2.05, 4.69) is 35.6 Å². The van der Waals surface area contributed by atoms with Crippen LogP contribution in [-0.2, 0) is 0 Å². The van der Waals surface area contributed by atoms with Crippen molar-refractivity contribution in [3.05, 3.63) is 35.9 Å². The summed E-state index contributed by atoms with van der Waals surface area (Å²) in [5.41, 5.74) is 2.03. The average molecular weight is 243 g/mol. The molecule has 3 rings (SSSR count). The molecule has 1 heterocycles. The number of nitrogens with one attached hydrogen (secondary N) is 1. The van der Waals surface area contributed by atoms with Crippen LogP contribution in [0, 0.1) is 0 Å². The molecule has 1 spiro atoms. The van der Waals surface area contributed by atoms with Crippen molar-refractivity contribution in [2.24, 2.45) is 0 Å². The van der Waals surface area contributed by atoms with Gasteiger partial charge in [0.1, 0.15) is 0 Å². The highest BCUT2D eigenvalue weighted by Gasteiger charge is 2.36. The number of hydrogen-bond acceptors (Lipinski definition) is 1. The van der Waals surface area contributed by atoms with Gasteiger partial charge in [0.05, 0.1) is 0 Å². The van der Waals surface area contributed by atoms with Gasteiger partial charge in [-0.15, -0.1) is 0 Å². The number of rotatable bonds is 1. The molecule has 0 bridgehead atoms. The summed E-state index contributed by atoms with van der Waals surface area (Å²) in [6.07, 6.45) is 11.2. The predicted octanol–water partition coefficient (Wildman–Crippen LogP) is 4.25. The summed E-state index contributed by atoms with van der Waals surface area (Å²) in [6, 6.07) is 11.2. The van der Waals surface area contributed by atoms with Gasteiger partial charge in [0.25, 0.3) is 0 Å². The van der Waals surface area contributed by atoms with E-state index in [-0.39, 0.29) is 0 Å². The summed E-state index contributed by atoms with van der Waals surface area (Å²) < 4.78 is 0. The van der Waals surface area contributed by atoms with Crippen LogP contribution in [0.3, 0.4) is 0 Å². The molecule has 1 saturated carbocycles. The van der Waals surface area contributed by atoms with Gasteiger partial charge in [-0.2, -0.15) is 0 Å². The number of piperidine rings is 1. The van der Waals surface area contributed by atoms with Crippen molar-refractivity contribution in [1.29, 1.82) is 0 Å². The first-order valence-electron chi connectivity index (χ1n) is 7.68. The van der Waals surface area contributed by atoms with Crippen LogP contribution in [0.4, 0.5) is 0 Å². The van der Waals surface area contributed by atoms with Gasteiger partial charge < -0.3 is 5.32 Å². The first-order chi connectivity index (χ1) is 8.88. The SMILES string of the molecule is c1ccc(C2CCNC3(CCCCCC3)C2)cc1. The Bertz CT molecular complexity index is 362. The highest BCUT2D eigenvalue weighted by atomic mass is 15.0. The van der Waals surface area contributed by atoms with Crippen LogP contribution in [0.1, 0.15) is 62.8 Å². The van der Waals surface area contributed by atoms with E-state index in [1.807, 2.05) is 0 Å². The summed E-state index contributed by atoms with van der Waals surface area (Å²) in [5.74, 6) is 0.783. The van der Waals surface area contributed by atoms with Crippen molar-refractivity contribution >= 4 is 0 Å². The van der Waals surface area contributed by atoms with E-state index in [9.17, 15) is 0 Å². The Kier molecular flexibility index (Phi) is 3.69. The van der Waals surface area contributed by atoms with Gasteiger partial charge in [-0.25, -0.2) is 0 Å². The maximum absolute atomic E-state index is 3.87. The maximum atomic E-state index is 3.87. The zero-order valence-corrected chi connectivity index (χ0v) is 11.3. The first-order valence-corrected chi connectivity index (χ1v) is 7.68. The molecule has 1 aromatic carbocycles. The second-order valence-corrected chi connectivity index (χ2v) is 6.22. The Balaban J connectivity index is 1.75. The Morgan fingerprint density at radius 3 is 2.39 bits per heavy atom. The van der Waals surface area contributed by atoms with Gasteiger partial charge in [0.15, 0.2) is 0 Å². The molecule has 2 fully saturated rings. The highest BCUT2D eigenvalue weighted by Crippen LogP contribution is 2.39. The van der Waals surface area contributed by atoms with Crippen molar-refractivity contribution in [3.63, 3.8) is 0 Å². The molecule has 2 aliphatic rings. The Labute approximate surface area is 111 Å². The monoisotopic (exact) mass is 243 g/mol. The van der Waals surface area contributed by atoms with Crippen LogP contribution >= 0.6 is 0 Å². The summed E-state index contributed by atoms with van der Waals surface area (Å²) in [4.78, 5) is 0. The molecule has 1 unspecified atom stereocenters. The molecule has 1 nitrogen and oxygen atoms in total. The van der Waals surface area contributed by atoms with Gasteiger partial charge in [0, 0.05) is 5.54 Å². The lowest BCUT2D eigenvalue weighted by Gasteiger charge is -2.42. The third kappa shape index (κ3) is 2.61. The van der Waals surface area contributed by atoms with E-state index in [1.165, 1.54) is 57.9 Å². The van der Waals surface area contributed by atoms with Crippen LogP contribution in [0.15, 0.2) is 30.3 Å². The lowest BCUT2D eigenvalue weighted by Crippen LogP contribution is -2.50. The molecule has 1 atom stereocenters. The Morgan fingerprint density at radius 1 is 0.944 bits per heavy atom. The normalized spacial score (nSPS) is 27.9. The first kappa shape index (κ1) is 12.2. The van der Waals surface area contributed by atoms with Crippen molar-refractivity contribution < 1.29 is 0 Å². The molecule has 1 aliphatic carbocycles. The van der Waals surface area contributed by atoms with E-state index in [0.29, 0.717) is 5.54 Å². The second-order valence-electron chi connectivity index (χ2n) is 6.22. The third-order valence-electron chi connectivity index (χ3n) is 4.96. The van der Waals surface area contributed by atoms with Crippen molar-refractivity contribution in [2.75, 3.05) is 6.54 Å². The summed E-state index contributed by atoms with van der Waals surface area (Å²) in [7, 11) is 0. The van der Waals surface area contributed by atoms with Gasteiger partial charge in [-0.3, -0.25) is 0 Å². The van der Waals surface area contributed by atoms with E-state index in [1.54, 1.807) is 5.56 Å². The lowest BCUT2D eigenvalue weighted by atomic mass is 9.75. The van der Waals surface area contributed by atoms with Crippen LogP contribution in [-0.4, -0.2) is 12.1 Å². The molecule has 0 aromatic heterocycles. The third-order valence-corrected chi connectivity index (χ3v) is 4.96. The molecular weight excluding hydrogens is 218 g/mol. The summed E-state index contributed by atoms with van der Waals surface area (Å²) >= 11 is 0. The maximum Gasteiger partial charge on any atom is 0.0187 e. The van der Waals surface area contributed by atoms with Gasteiger partial charge in [-0.05, 0) is 43.7 Å². The van der Waals surface area contributed by atoms with E-state index < -0.39 is 0 Å². The highest BCUT2D eigenvalue weighted by molar-refractivity contribution is 5.21. The molecule has 1 N–H and O–H groups in total. The zero-order chi connectivity index (χ0) is 12.3. The van der Waals surface area contributed by atoms with Gasteiger partial charge >= 0.3 is 0 Å². The standard InChI is InChI=1S/C17H25N/c1-2-7-12-17(11-6-1)14-16(10-13-18-17)15-8-4-3-5-9-15/h3-5,8-9,16,18H,1-2,6-7,10-14H2. The minimum absolute atomic E-state index is 0.468. The summed E-state index contributed by atoms with van der Waals surface area (Å²) in [6.45, 7) is 1.21. The molecule has 0 radical (unpaired) electrons. The quantitative estimate of drug-likeness (QED) is 0.777. The Morgan fingerprint density at radius 2 is 1.67 bits per heavy atom. The molecule has 1 heteroatoms. The van der Waals surface area contributed by atoms with Crippen molar-refractivity contribution in [1.82, 2.24) is 5.32 Å². The van der Waals surface area contributed by atoms with Gasteiger partial charge in [0.2, 0.25) is 0 Å². The average Bonchev–Trinajstić information content (AvgIpc) is 2.66. The van der Waals surface area contributed by atoms with E-state index in [0.717, 1.165) is 5.92 Å². The smallest absolute Gasteiger partial charge is 0.0187 e. The van der Waals surface area contributed by atoms with Crippen molar-refractivity contribution in [2.45, 2.75) is 62.8 Å². The molecule has 18 heavy (non-hydrogen) atoms. The zero-order valence-electron chi connectivity index (χ0n) is 11.3. The number of benzene rings is 1. The lowest BCUT2D eigenvalue weighted by molar-refractivity contribution is 0.204. The van der Waals surface area contributed by atoms with E-state index >= 15 is 0 Å². The molecule has 1 aromatic rings. The minimum Gasteiger partial charge on any atom is -0.311 e. The minimum atomic E-state index is 0.468. The van der Waals surface area contributed by atoms with E-state index in [4.69, 9.17) is 0 Å². The van der Waals surface area contributed by atoms with Crippen LogP contribution < -0.4 is 5.32 Å². The molecule has 1 saturated heterocycles. The van der Waals surface area contributed by atoms with Crippen LogP contribution in [0.25, 0.3) is 0 Å². The summed E-state index contributed by atoms with van der Waals surface area (Å²) in [5, 5.41) is 3.87. The fourth-order valence-electron chi connectivity index (χ4n) is 3.95. The van der Waals surface area contributed by atoms with Crippen molar-refractivity contribution in [3.8, 4) is 0 Å². The molecule has 1 aliphatic heterocycles.